The molecule has 1 amide bonds. The number of carbonyl (C=O) groups is 2. The van der Waals surface area contributed by atoms with E-state index in [0.717, 1.165) is 34.9 Å². The Morgan fingerprint density at radius 3 is 2.44 bits per heavy atom. The number of fused-ring (bicyclic) bond motifs is 2. The molecule has 0 radical (unpaired) electrons. The van der Waals surface area contributed by atoms with E-state index in [9.17, 15) is 14.7 Å². The molecule has 0 aliphatic heterocycles. The van der Waals surface area contributed by atoms with Crippen molar-refractivity contribution in [1.29, 1.82) is 0 Å². The van der Waals surface area contributed by atoms with Crippen molar-refractivity contribution in [2.45, 2.75) is 32.7 Å². The van der Waals surface area contributed by atoms with Crippen molar-refractivity contribution in [1.82, 2.24) is 5.32 Å². The van der Waals surface area contributed by atoms with Gasteiger partial charge in [0, 0.05) is 12.0 Å². The van der Waals surface area contributed by atoms with Gasteiger partial charge in [-0.3, -0.25) is 4.79 Å². The molecule has 2 N–H and O–H groups in total. The summed E-state index contributed by atoms with van der Waals surface area (Å²) < 4.78 is 5.58. The Morgan fingerprint density at radius 2 is 1.78 bits per heavy atom. The Balaban J connectivity index is 1.71. The van der Waals surface area contributed by atoms with E-state index in [1.54, 1.807) is 18.4 Å². The van der Waals surface area contributed by atoms with Crippen LogP contribution in [0.4, 0.5) is 0 Å². The van der Waals surface area contributed by atoms with E-state index in [1.165, 1.54) is 0 Å². The van der Waals surface area contributed by atoms with Crippen LogP contribution < -0.4 is 5.32 Å². The second kappa shape index (κ2) is 6.27. The topological polar surface area (TPSA) is 79.5 Å². The molecule has 0 saturated heterocycles. The van der Waals surface area contributed by atoms with Gasteiger partial charge >= 0.3 is 5.97 Å². The van der Waals surface area contributed by atoms with Crippen LogP contribution in [0.25, 0.3) is 10.8 Å². The lowest BCUT2D eigenvalue weighted by Crippen LogP contribution is -2.36. The fraction of sp³-hybridized carbons (Fsp3) is 0.273. The summed E-state index contributed by atoms with van der Waals surface area (Å²) in [6.07, 6.45) is 3.23. The van der Waals surface area contributed by atoms with Crippen LogP contribution in [0.1, 0.15) is 58.3 Å². The van der Waals surface area contributed by atoms with Crippen LogP contribution in [-0.2, 0) is 6.42 Å². The predicted octanol–water partition coefficient (Wildman–Crippen LogP) is 4.57. The quantitative estimate of drug-likeness (QED) is 0.714. The van der Waals surface area contributed by atoms with Gasteiger partial charge in [-0.2, -0.15) is 0 Å². The van der Waals surface area contributed by atoms with E-state index >= 15 is 0 Å². The first-order valence-electron chi connectivity index (χ1n) is 8.97. The zero-order chi connectivity index (χ0) is 19.2. The first-order valence-corrected chi connectivity index (χ1v) is 8.97. The SMILES string of the molecule is CC1(C)Cc2occc2C(NC(=O)c2cc3ccccc3cc2C(=O)O)C1. The fourth-order valence-corrected chi connectivity index (χ4v) is 3.94. The number of carboxylic acids is 1. The Labute approximate surface area is 157 Å². The predicted molar refractivity (Wildman–Crippen MR) is 102 cm³/mol. The number of rotatable bonds is 3. The number of hydrogen-bond donors (Lipinski definition) is 2. The van der Waals surface area contributed by atoms with Crippen LogP contribution in [0.15, 0.2) is 53.1 Å². The number of carboxylic acid groups (broad SMARTS) is 1. The normalized spacial score (nSPS) is 18.1. The summed E-state index contributed by atoms with van der Waals surface area (Å²) in [5.41, 5.74) is 1.14. The molecule has 0 bridgehead atoms. The van der Waals surface area contributed by atoms with E-state index in [4.69, 9.17) is 4.42 Å². The maximum Gasteiger partial charge on any atom is 0.336 e. The second-order valence-corrected chi connectivity index (χ2v) is 7.92. The largest absolute Gasteiger partial charge is 0.478 e. The molecule has 1 aliphatic rings. The summed E-state index contributed by atoms with van der Waals surface area (Å²) in [6.45, 7) is 4.27. The third kappa shape index (κ3) is 3.21. The standard InChI is InChI=1S/C22H21NO4/c1-22(2)11-18(15-7-8-27-19(15)12-22)23-20(24)16-9-13-5-3-4-6-14(13)10-17(16)21(25)26/h3-10,18H,11-12H2,1-2H3,(H,23,24)(H,25,26). The zero-order valence-corrected chi connectivity index (χ0v) is 15.3. The zero-order valence-electron chi connectivity index (χ0n) is 15.3. The van der Waals surface area contributed by atoms with E-state index in [2.05, 4.69) is 19.2 Å². The fourth-order valence-electron chi connectivity index (χ4n) is 3.94. The van der Waals surface area contributed by atoms with Crippen molar-refractivity contribution in [2.24, 2.45) is 5.41 Å². The van der Waals surface area contributed by atoms with Crippen molar-refractivity contribution >= 4 is 22.6 Å². The minimum absolute atomic E-state index is 0.00804. The summed E-state index contributed by atoms with van der Waals surface area (Å²) in [7, 11) is 0. The molecule has 1 aliphatic carbocycles. The van der Waals surface area contributed by atoms with Gasteiger partial charge in [0.1, 0.15) is 5.76 Å². The number of amides is 1. The van der Waals surface area contributed by atoms with E-state index < -0.39 is 5.97 Å². The molecule has 1 atom stereocenters. The molecule has 0 fully saturated rings. The lowest BCUT2D eigenvalue weighted by Gasteiger charge is -2.34. The maximum absolute atomic E-state index is 13.0. The smallest absolute Gasteiger partial charge is 0.336 e. The minimum Gasteiger partial charge on any atom is -0.478 e. The van der Waals surface area contributed by atoms with Crippen LogP contribution in [0.3, 0.4) is 0 Å². The van der Waals surface area contributed by atoms with Crippen molar-refractivity contribution in [3.8, 4) is 0 Å². The lowest BCUT2D eigenvalue weighted by molar-refractivity contribution is 0.0690. The summed E-state index contributed by atoms with van der Waals surface area (Å²) in [6, 6.07) is 12.3. The van der Waals surface area contributed by atoms with Crippen molar-refractivity contribution < 1.29 is 19.1 Å². The number of hydrogen-bond acceptors (Lipinski definition) is 3. The van der Waals surface area contributed by atoms with Gasteiger partial charge in [-0.25, -0.2) is 4.79 Å². The second-order valence-electron chi connectivity index (χ2n) is 7.92. The average molecular weight is 363 g/mol. The van der Waals surface area contributed by atoms with Crippen molar-refractivity contribution in [3.05, 3.63) is 71.2 Å². The number of carbonyl (C=O) groups excluding carboxylic acids is 1. The van der Waals surface area contributed by atoms with E-state index in [0.29, 0.717) is 0 Å². The molecular formula is C22H21NO4. The highest BCUT2D eigenvalue weighted by Gasteiger charge is 2.35. The van der Waals surface area contributed by atoms with Crippen LogP contribution in [0, 0.1) is 5.41 Å². The summed E-state index contributed by atoms with van der Waals surface area (Å²) in [4.78, 5) is 24.7. The van der Waals surface area contributed by atoms with Gasteiger partial charge in [0.05, 0.1) is 23.4 Å². The Morgan fingerprint density at radius 1 is 1.11 bits per heavy atom. The summed E-state index contributed by atoms with van der Waals surface area (Å²) in [5, 5.41) is 14.3. The molecule has 2 aromatic carbocycles. The first-order chi connectivity index (χ1) is 12.8. The van der Waals surface area contributed by atoms with Gasteiger partial charge in [-0.15, -0.1) is 0 Å². The Bertz CT molecular complexity index is 1050. The molecule has 0 saturated carbocycles. The number of benzene rings is 2. The Kier molecular flexibility index (Phi) is 4.02. The van der Waals surface area contributed by atoms with E-state index in [1.807, 2.05) is 30.3 Å². The molecule has 3 aromatic rings. The summed E-state index contributed by atoms with van der Waals surface area (Å²) in [5.74, 6) is -0.611. The first kappa shape index (κ1) is 17.3. The van der Waals surface area contributed by atoms with Crippen LogP contribution in [0.5, 0.6) is 0 Å². The molecule has 1 unspecified atom stereocenters. The van der Waals surface area contributed by atoms with Crippen LogP contribution in [-0.4, -0.2) is 17.0 Å². The van der Waals surface area contributed by atoms with Gasteiger partial charge in [-0.1, -0.05) is 38.1 Å². The number of aromatic carboxylic acids is 1. The molecule has 5 nitrogen and oxygen atoms in total. The molecule has 0 spiro atoms. The third-order valence-corrected chi connectivity index (χ3v) is 5.22. The van der Waals surface area contributed by atoms with Gasteiger partial charge in [0.15, 0.2) is 0 Å². The maximum atomic E-state index is 13.0. The molecule has 27 heavy (non-hydrogen) atoms. The van der Waals surface area contributed by atoms with Crippen molar-refractivity contribution in [3.63, 3.8) is 0 Å². The van der Waals surface area contributed by atoms with Gasteiger partial charge in [-0.05, 0) is 40.8 Å². The Hall–Kier alpha value is -3.08. The molecule has 138 valence electrons. The molecule has 5 heteroatoms. The van der Waals surface area contributed by atoms with Gasteiger partial charge < -0.3 is 14.8 Å². The third-order valence-electron chi connectivity index (χ3n) is 5.22. The average Bonchev–Trinajstić information content (AvgIpc) is 3.07. The highest BCUT2D eigenvalue weighted by molar-refractivity contribution is 6.08. The van der Waals surface area contributed by atoms with Crippen LogP contribution in [0.2, 0.25) is 0 Å². The monoisotopic (exact) mass is 363 g/mol. The summed E-state index contributed by atoms with van der Waals surface area (Å²) >= 11 is 0. The minimum atomic E-state index is -1.11. The number of nitrogens with one attached hydrogen (secondary N) is 1. The molecule has 1 heterocycles. The van der Waals surface area contributed by atoms with Crippen molar-refractivity contribution in [2.75, 3.05) is 0 Å². The molecule has 1 aromatic heterocycles. The van der Waals surface area contributed by atoms with Gasteiger partial charge in [0.2, 0.25) is 0 Å². The highest BCUT2D eigenvalue weighted by atomic mass is 16.4. The number of furan rings is 1. The van der Waals surface area contributed by atoms with Crippen LogP contribution >= 0.6 is 0 Å². The molecular weight excluding hydrogens is 342 g/mol. The van der Waals surface area contributed by atoms with Gasteiger partial charge in [0.25, 0.3) is 5.91 Å². The lowest BCUT2D eigenvalue weighted by atomic mass is 9.74. The molecule has 4 rings (SSSR count). The highest BCUT2D eigenvalue weighted by Crippen LogP contribution is 2.41. The van der Waals surface area contributed by atoms with E-state index in [-0.39, 0.29) is 28.5 Å².